The van der Waals surface area contributed by atoms with Crippen molar-refractivity contribution in [3.63, 3.8) is 0 Å². The maximum absolute atomic E-state index is 12.7. The molecular weight excluding hydrogens is 332 g/mol. The molecule has 1 aliphatic rings. The van der Waals surface area contributed by atoms with Gasteiger partial charge in [-0.15, -0.1) is 0 Å². The first-order chi connectivity index (χ1) is 11.3. The SMILES string of the molecule is CCCc1cc(NC(=O)C(C)(C)S(=O)(=O)CC2CCOCC2)on1. The fourth-order valence-electron chi connectivity index (χ4n) is 2.58. The Labute approximate surface area is 143 Å². The molecule has 0 unspecified atom stereocenters. The Morgan fingerprint density at radius 3 is 2.67 bits per heavy atom. The van der Waals surface area contributed by atoms with Gasteiger partial charge in [-0.1, -0.05) is 18.5 Å². The lowest BCUT2D eigenvalue weighted by Gasteiger charge is -2.28. The molecule has 0 aliphatic carbocycles. The molecule has 1 aromatic rings. The van der Waals surface area contributed by atoms with Gasteiger partial charge < -0.3 is 9.26 Å². The molecule has 1 aliphatic heterocycles. The van der Waals surface area contributed by atoms with Gasteiger partial charge >= 0.3 is 0 Å². The van der Waals surface area contributed by atoms with Crippen LogP contribution in [0.25, 0.3) is 0 Å². The maximum Gasteiger partial charge on any atom is 0.247 e. The van der Waals surface area contributed by atoms with Crippen molar-refractivity contribution in [3.8, 4) is 0 Å². The molecule has 0 atom stereocenters. The highest BCUT2D eigenvalue weighted by molar-refractivity contribution is 7.93. The lowest BCUT2D eigenvalue weighted by atomic mass is 10.0. The zero-order chi connectivity index (χ0) is 17.8. The van der Waals surface area contributed by atoms with Crippen LogP contribution in [0, 0.1) is 5.92 Å². The zero-order valence-corrected chi connectivity index (χ0v) is 15.3. The first kappa shape index (κ1) is 18.9. The largest absolute Gasteiger partial charge is 0.381 e. The second-order valence-electron chi connectivity index (χ2n) is 6.73. The number of carbonyl (C=O) groups is 1. The number of nitrogens with one attached hydrogen (secondary N) is 1. The Balaban J connectivity index is 2.04. The Bertz CT molecular complexity index is 660. The van der Waals surface area contributed by atoms with Crippen molar-refractivity contribution < 1.29 is 22.5 Å². The molecule has 7 nitrogen and oxygen atoms in total. The lowest BCUT2D eigenvalue weighted by molar-refractivity contribution is -0.118. The van der Waals surface area contributed by atoms with E-state index in [1.165, 1.54) is 13.8 Å². The number of ether oxygens (including phenoxy) is 1. The van der Waals surface area contributed by atoms with Gasteiger partial charge in [-0.2, -0.15) is 0 Å². The van der Waals surface area contributed by atoms with E-state index >= 15 is 0 Å². The number of carbonyl (C=O) groups excluding carboxylic acids is 1. The third-order valence-electron chi connectivity index (χ3n) is 4.42. The quantitative estimate of drug-likeness (QED) is 0.802. The molecule has 8 heteroatoms. The summed E-state index contributed by atoms with van der Waals surface area (Å²) in [5.41, 5.74) is 0.732. The second-order valence-corrected chi connectivity index (χ2v) is 9.32. The molecule has 1 saturated heterocycles. The standard InChI is InChI=1S/C16H26N2O5S/c1-4-5-13-10-14(23-18-13)17-15(19)16(2,3)24(20,21)11-12-6-8-22-9-7-12/h10,12H,4-9,11H2,1-3H3,(H,17,19). The van der Waals surface area contributed by atoms with Gasteiger partial charge in [0.1, 0.15) is 4.75 Å². The van der Waals surface area contributed by atoms with Crippen LogP contribution in [0.4, 0.5) is 5.88 Å². The first-order valence-electron chi connectivity index (χ1n) is 8.33. The first-order valence-corrected chi connectivity index (χ1v) is 9.98. The van der Waals surface area contributed by atoms with E-state index in [4.69, 9.17) is 9.26 Å². The van der Waals surface area contributed by atoms with Crippen molar-refractivity contribution in [1.29, 1.82) is 0 Å². The molecule has 1 N–H and O–H groups in total. The Hall–Kier alpha value is -1.41. The maximum atomic E-state index is 12.7. The predicted molar refractivity (Wildman–Crippen MR) is 90.5 cm³/mol. The monoisotopic (exact) mass is 358 g/mol. The van der Waals surface area contributed by atoms with Gasteiger partial charge in [0.15, 0.2) is 9.84 Å². The van der Waals surface area contributed by atoms with Crippen molar-refractivity contribution in [2.24, 2.45) is 5.92 Å². The van der Waals surface area contributed by atoms with E-state index in [1.807, 2.05) is 6.92 Å². The summed E-state index contributed by atoms with van der Waals surface area (Å²) in [6, 6.07) is 1.63. The smallest absolute Gasteiger partial charge is 0.247 e. The highest BCUT2D eigenvalue weighted by Gasteiger charge is 2.43. The fourth-order valence-corrected chi connectivity index (χ4v) is 4.28. The summed E-state index contributed by atoms with van der Waals surface area (Å²) >= 11 is 0. The minimum atomic E-state index is -3.61. The zero-order valence-electron chi connectivity index (χ0n) is 14.5. The molecule has 0 aromatic carbocycles. The van der Waals surface area contributed by atoms with Crippen LogP contribution in [-0.2, 0) is 25.8 Å². The van der Waals surface area contributed by atoms with Crippen LogP contribution < -0.4 is 5.32 Å². The summed E-state index contributed by atoms with van der Waals surface area (Å²) in [4.78, 5) is 12.5. The van der Waals surface area contributed by atoms with Crippen molar-refractivity contribution in [2.75, 3.05) is 24.3 Å². The van der Waals surface area contributed by atoms with Gasteiger partial charge in [0.2, 0.25) is 11.8 Å². The van der Waals surface area contributed by atoms with Gasteiger partial charge in [-0.25, -0.2) is 8.42 Å². The van der Waals surface area contributed by atoms with Crippen LogP contribution in [0.2, 0.25) is 0 Å². The van der Waals surface area contributed by atoms with Gasteiger partial charge in [0.05, 0.1) is 11.4 Å². The highest BCUT2D eigenvalue weighted by Crippen LogP contribution is 2.26. The number of aromatic nitrogens is 1. The topological polar surface area (TPSA) is 98.5 Å². The molecule has 0 bridgehead atoms. The predicted octanol–water partition coefficient (Wildman–Crippen LogP) is 2.19. The molecule has 1 amide bonds. The van der Waals surface area contributed by atoms with Crippen LogP contribution >= 0.6 is 0 Å². The number of anilines is 1. The van der Waals surface area contributed by atoms with Crippen LogP contribution in [0.15, 0.2) is 10.6 Å². The Kier molecular flexibility index (Phi) is 6.03. The normalized spacial score (nSPS) is 17.0. The minimum absolute atomic E-state index is 0.00569. The van der Waals surface area contributed by atoms with Crippen LogP contribution in [0.3, 0.4) is 0 Å². The van der Waals surface area contributed by atoms with E-state index < -0.39 is 20.5 Å². The molecule has 1 aromatic heterocycles. The summed E-state index contributed by atoms with van der Waals surface area (Å²) < 4.78 is 34.2. The summed E-state index contributed by atoms with van der Waals surface area (Å²) in [5.74, 6) is -0.391. The number of sulfone groups is 1. The van der Waals surface area contributed by atoms with Gasteiger partial charge in [0.25, 0.3) is 0 Å². The second kappa shape index (κ2) is 7.65. The summed E-state index contributed by atoms with van der Waals surface area (Å²) in [5, 5.41) is 6.38. The number of amides is 1. The molecule has 2 rings (SSSR count). The summed E-state index contributed by atoms with van der Waals surface area (Å²) in [6.45, 7) is 6.02. The van der Waals surface area contributed by atoms with Crippen molar-refractivity contribution in [2.45, 2.75) is 51.2 Å². The highest BCUT2D eigenvalue weighted by atomic mass is 32.2. The number of hydrogen-bond donors (Lipinski definition) is 1. The average Bonchev–Trinajstić information content (AvgIpc) is 2.95. The van der Waals surface area contributed by atoms with Crippen molar-refractivity contribution in [1.82, 2.24) is 5.16 Å². The minimum Gasteiger partial charge on any atom is -0.381 e. The van der Waals surface area contributed by atoms with Gasteiger partial charge in [0, 0.05) is 19.3 Å². The Morgan fingerprint density at radius 1 is 1.38 bits per heavy atom. The van der Waals surface area contributed by atoms with E-state index in [-0.39, 0.29) is 17.6 Å². The summed E-state index contributed by atoms with van der Waals surface area (Å²) in [7, 11) is -3.61. The van der Waals surface area contributed by atoms with Crippen LogP contribution in [0.5, 0.6) is 0 Å². The third-order valence-corrected chi connectivity index (χ3v) is 7.07. The molecule has 1 fully saturated rings. The van der Waals surface area contributed by atoms with Gasteiger partial charge in [-0.3, -0.25) is 10.1 Å². The third kappa shape index (κ3) is 4.36. The van der Waals surface area contributed by atoms with Crippen molar-refractivity contribution in [3.05, 3.63) is 11.8 Å². The number of hydrogen-bond acceptors (Lipinski definition) is 6. The average molecular weight is 358 g/mol. The van der Waals surface area contributed by atoms with Crippen LogP contribution in [0.1, 0.15) is 45.7 Å². The molecule has 2 heterocycles. The van der Waals surface area contributed by atoms with E-state index in [2.05, 4.69) is 10.5 Å². The van der Waals surface area contributed by atoms with E-state index in [0.29, 0.717) is 26.1 Å². The number of nitrogens with zero attached hydrogens (tertiary/aromatic N) is 1. The van der Waals surface area contributed by atoms with Gasteiger partial charge in [-0.05, 0) is 39.0 Å². The number of rotatable bonds is 7. The van der Waals surface area contributed by atoms with Crippen molar-refractivity contribution >= 4 is 21.6 Å². The number of aryl methyl sites for hydroxylation is 1. The van der Waals surface area contributed by atoms with Crippen LogP contribution in [-0.4, -0.2) is 43.2 Å². The molecule has 0 radical (unpaired) electrons. The molecule has 0 saturated carbocycles. The van der Waals surface area contributed by atoms with E-state index in [0.717, 1.165) is 18.5 Å². The molecule has 24 heavy (non-hydrogen) atoms. The summed E-state index contributed by atoms with van der Waals surface area (Å²) in [6.07, 6.45) is 3.06. The van der Waals surface area contributed by atoms with E-state index in [9.17, 15) is 13.2 Å². The molecule has 0 spiro atoms. The van der Waals surface area contributed by atoms with E-state index in [1.54, 1.807) is 6.07 Å². The molecular formula is C16H26N2O5S. The lowest BCUT2D eigenvalue weighted by Crippen LogP contribution is -2.47. The Morgan fingerprint density at radius 2 is 2.04 bits per heavy atom. The fraction of sp³-hybridized carbons (Fsp3) is 0.750. The molecule has 136 valence electrons.